The number of fused-ring (bicyclic) bond motifs is 3. The summed E-state index contributed by atoms with van der Waals surface area (Å²) in [4.78, 5) is 27.0. The molecule has 8 heteroatoms. The molecule has 2 aromatic carbocycles. The van der Waals surface area contributed by atoms with E-state index in [4.69, 9.17) is 9.47 Å². The van der Waals surface area contributed by atoms with E-state index in [1.807, 2.05) is 25.1 Å². The molecule has 2 aliphatic rings. The van der Waals surface area contributed by atoms with E-state index in [0.717, 1.165) is 41.0 Å². The molecule has 1 aliphatic heterocycles. The summed E-state index contributed by atoms with van der Waals surface area (Å²) >= 11 is 5.21. The number of ether oxygens (including phenoxy) is 2. The lowest BCUT2D eigenvalue weighted by Crippen LogP contribution is -2.38. The Morgan fingerprint density at radius 2 is 1.94 bits per heavy atom. The summed E-state index contributed by atoms with van der Waals surface area (Å²) in [7, 11) is 1.52. The number of esters is 1. The van der Waals surface area contributed by atoms with E-state index in [1.165, 1.54) is 17.6 Å². The van der Waals surface area contributed by atoms with Crippen LogP contribution in [0.25, 0.3) is 0 Å². The zero-order chi connectivity index (χ0) is 24.0. The molecule has 1 aromatic heterocycles. The van der Waals surface area contributed by atoms with E-state index in [-0.39, 0.29) is 5.91 Å². The minimum atomic E-state index is -0.473. The van der Waals surface area contributed by atoms with E-state index >= 15 is 0 Å². The molecule has 34 heavy (non-hydrogen) atoms. The molecule has 0 saturated carbocycles. The molecule has 0 radical (unpaired) electrons. The number of carbonyl (C=O) groups excluding carboxylic acids is 2. The van der Waals surface area contributed by atoms with Crippen molar-refractivity contribution >= 4 is 44.1 Å². The zero-order valence-electron chi connectivity index (χ0n) is 19.2. The van der Waals surface area contributed by atoms with E-state index in [9.17, 15) is 9.59 Å². The fourth-order valence-corrected chi connectivity index (χ4v) is 6.45. The molecule has 0 bridgehead atoms. The Morgan fingerprint density at radius 1 is 1.18 bits per heavy atom. The SMILES string of the molecule is COc1cc([C@@H]2NC(=O)c3c(sc4c3CC[C@H](C)C4)N2)cc(Br)c1OC(=O)c1ccc(C)cc1. The van der Waals surface area contributed by atoms with Crippen LogP contribution < -0.4 is 20.1 Å². The molecule has 1 amide bonds. The molecule has 5 rings (SSSR count). The quantitative estimate of drug-likeness (QED) is 0.312. The first-order valence-electron chi connectivity index (χ1n) is 11.2. The van der Waals surface area contributed by atoms with Crippen LogP contribution in [0.2, 0.25) is 0 Å². The lowest BCUT2D eigenvalue weighted by Gasteiger charge is -2.27. The van der Waals surface area contributed by atoms with Crippen molar-refractivity contribution in [2.45, 2.75) is 39.3 Å². The molecule has 176 valence electrons. The van der Waals surface area contributed by atoms with E-state index in [0.29, 0.717) is 27.5 Å². The highest BCUT2D eigenvalue weighted by Crippen LogP contribution is 2.44. The van der Waals surface area contributed by atoms with Gasteiger partial charge in [0.2, 0.25) is 0 Å². The number of rotatable bonds is 4. The van der Waals surface area contributed by atoms with Gasteiger partial charge >= 0.3 is 5.97 Å². The normalized spacial score (nSPS) is 18.9. The third-order valence-corrected chi connectivity index (χ3v) is 8.13. The van der Waals surface area contributed by atoms with Crippen molar-refractivity contribution in [1.82, 2.24) is 5.32 Å². The van der Waals surface area contributed by atoms with Crippen LogP contribution in [0, 0.1) is 12.8 Å². The van der Waals surface area contributed by atoms with Crippen LogP contribution in [-0.2, 0) is 12.8 Å². The van der Waals surface area contributed by atoms with Crippen LogP contribution in [-0.4, -0.2) is 19.0 Å². The maximum Gasteiger partial charge on any atom is 0.343 e. The highest BCUT2D eigenvalue weighted by molar-refractivity contribution is 9.10. The molecule has 3 aromatic rings. The fraction of sp³-hybridized carbons (Fsp3) is 0.308. The number of methoxy groups -OCH3 is 1. The van der Waals surface area contributed by atoms with E-state index in [1.54, 1.807) is 29.5 Å². The first-order chi connectivity index (χ1) is 16.3. The first-order valence-corrected chi connectivity index (χ1v) is 12.8. The Hall–Kier alpha value is -2.84. The summed E-state index contributed by atoms with van der Waals surface area (Å²) < 4.78 is 11.8. The number of halogens is 1. The molecule has 0 unspecified atom stereocenters. The first kappa shape index (κ1) is 22.9. The van der Waals surface area contributed by atoms with Gasteiger partial charge in [-0.3, -0.25) is 4.79 Å². The summed E-state index contributed by atoms with van der Waals surface area (Å²) in [5.74, 6) is 0.794. The number of benzene rings is 2. The topological polar surface area (TPSA) is 76.7 Å². The van der Waals surface area contributed by atoms with Crippen LogP contribution in [0.5, 0.6) is 11.5 Å². The second-order valence-corrected chi connectivity index (χ2v) is 10.9. The number of anilines is 1. The maximum absolute atomic E-state index is 13.1. The Bertz CT molecular complexity index is 1280. The second kappa shape index (κ2) is 9.07. The maximum atomic E-state index is 13.1. The summed E-state index contributed by atoms with van der Waals surface area (Å²) in [6, 6.07) is 10.8. The molecule has 6 nitrogen and oxygen atoms in total. The van der Waals surface area contributed by atoms with Crippen molar-refractivity contribution in [1.29, 1.82) is 0 Å². The Kier molecular flexibility index (Phi) is 6.12. The molecule has 0 fully saturated rings. The van der Waals surface area contributed by atoms with Gasteiger partial charge in [-0.1, -0.05) is 24.6 Å². The number of hydrogen-bond donors (Lipinski definition) is 2. The van der Waals surface area contributed by atoms with Crippen molar-refractivity contribution in [2.24, 2.45) is 5.92 Å². The standard InChI is InChI=1S/C26H25BrN2O4S/c1-13-4-7-15(8-5-13)26(31)33-22-18(27)11-16(12-19(22)32-3)23-28-24(30)21-17-9-6-14(2)10-20(17)34-25(21)29-23/h4-5,7-8,11-12,14,23,29H,6,9-10H2,1-3H3,(H,28,30)/t14-,23+/m0/s1. The molecule has 1 aliphatic carbocycles. The summed E-state index contributed by atoms with van der Waals surface area (Å²) in [5, 5.41) is 7.48. The van der Waals surface area contributed by atoms with Gasteiger partial charge in [-0.25, -0.2) is 4.79 Å². The molecular formula is C26H25BrN2O4S. The smallest absolute Gasteiger partial charge is 0.343 e. The van der Waals surface area contributed by atoms with Gasteiger partial charge in [0.25, 0.3) is 5.91 Å². The number of thiophene rings is 1. The highest BCUT2D eigenvalue weighted by atomic mass is 79.9. The number of carbonyl (C=O) groups is 2. The monoisotopic (exact) mass is 540 g/mol. The predicted molar refractivity (Wildman–Crippen MR) is 136 cm³/mol. The van der Waals surface area contributed by atoms with Gasteiger partial charge in [0.05, 0.1) is 22.7 Å². The number of amides is 1. The molecule has 0 saturated heterocycles. The summed E-state index contributed by atoms with van der Waals surface area (Å²) in [5.41, 5.74) is 4.29. The van der Waals surface area contributed by atoms with Crippen molar-refractivity contribution in [3.05, 3.63) is 73.6 Å². The van der Waals surface area contributed by atoms with Crippen LogP contribution >= 0.6 is 27.3 Å². The van der Waals surface area contributed by atoms with Crippen LogP contribution in [0.1, 0.15) is 61.8 Å². The summed E-state index contributed by atoms with van der Waals surface area (Å²) in [6.07, 6.45) is 2.65. The lowest BCUT2D eigenvalue weighted by molar-refractivity contribution is 0.0728. The van der Waals surface area contributed by atoms with Gasteiger partial charge in [-0.05, 0) is 83.4 Å². The van der Waals surface area contributed by atoms with Crippen molar-refractivity contribution in [2.75, 3.05) is 12.4 Å². The van der Waals surface area contributed by atoms with Crippen molar-refractivity contribution < 1.29 is 19.1 Å². The van der Waals surface area contributed by atoms with Crippen LogP contribution in [0.3, 0.4) is 0 Å². The highest BCUT2D eigenvalue weighted by Gasteiger charge is 2.33. The third kappa shape index (κ3) is 4.20. The van der Waals surface area contributed by atoms with Crippen molar-refractivity contribution in [3.8, 4) is 11.5 Å². The van der Waals surface area contributed by atoms with Crippen molar-refractivity contribution in [3.63, 3.8) is 0 Å². The fourth-order valence-electron chi connectivity index (χ4n) is 4.48. The van der Waals surface area contributed by atoms with Gasteiger partial charge < -0.3 is 20.1 Å². The largest absolute Gasteiger partial charge is 0.493 e. The van der Waals surface area contributed by atoms with Crippen LogP contribution in [0.15, 0.2) is 40.9 Å². The zero-order valence-corrected chi connectivity index (χ0v) is 21.6. The number of nitrogens with one attached hydrogen (secondary N) is 2. The Balaban J connectivity index is 1.42. The average Bonchev–Trinajstić information content (AvgIpc) is 3.18. The second-order valence-electron chi connectivity index (χ2n) is 8.90. The van der Waals surface area contributed by atoms with Crippen LogP contribution in [0.4, 0.5) is 5.00 Å². The Labute approximate surface area is 210 Å². The number of aryl methyl sites for hydroxylation is 1. The average molecular weight is 541 g/mol. The molecule has 0 spiro atoms. The third-order valence-electron chi connectivity index (χ3n) is 6.36. The number of hydrogen-bond acceptors (Lipinski definition) is 6. The van der Waals surface area contributed by atoms with Gasteiger partial charge in [0.1, 0.15) is 11.2 Å². The minimum Gasteiger partial charge on any atom is -0.493 e. The minimum absolute atomic E-state index is 0.0595. The lowest BCUT2D eigenvalue weighted by atomic mass is 9.88. The summed E-state index contributed by atoms with van der Waals surface area (Å²) in [6.45, 7) is 4.22. The molecule has 2 heterocycles. The van der Waals surface area contributed by atoms with Gasteiger partial charge in [-0.15, -0.1) is 11.3 Å². The molecule has 2 atom stereocenters. The van der Waals surface area contributed by atoms with Gasteiger partial charge in [-0.2, -0.15) is 0 Å². The van der Waals surface area contributed by atoms with Gasteiger partial charge in [0.15, 0.2) is 11.5 Å². The van der Waals surface area contributed by atoms with Gasteiger partial charge in [0, 0.05) is 4.88 Å². The molecular weight excluding hydrogens is 516 g/mol. The van der Waals surface area contributed by atoms with E-state index < -0.39 is 12.1 Å². The predicted octanol–water partition coefficient (Wildman–Crippen LogP) is 6.03. The molecule has 2 N–H and O–H groups in total. The Morgan fingerprint density at radius 3 is 2.68 bits per heavy atom. The van der Waals surface area contributed by atoms with E-state index in [2.05, 4.69) is 33.5 Å².